The molecule has 1 aliphatic heterocycles. The summed E-state index contributed by atoms with van der Waals surface area (Å²) in [6.07, 6.45) is 0. The fraction of sp³-hybridized carbons (Fsp3) is 0.115. The predicted molar refractivity (Wildman–Crippen MR) is 132 cm³/mol. The summed E-state index contributed by atoms with van der Waals surface area (Å²) in [5, 5.41) is 5.60. The van der Waals surface area contributed by atoms with Crippen LogP contribution >= 0.6 is 11.6 Å². The zero-order valence-electron chi connectivity index (χ0n) is 18.8. The molecule has 34 heavy (non-hydrogen) atoms. The summed E-state index contributed by atoms with van der Waals surface area (Å²) in [5.41, 5.74) is 4.06. The Balaban J connectivity index is 1.48. The molecule has 0 atom stereocenters. The van der Waals surface area contributed by atoms with Gasteiger partial charge in [0, 0.05) is 16.9 Å². The maximum Gasteiger partial charge on any atom is 0.283 e. The number of nitrogens with one attached hydrogen (secondary N) is 2. The molecule has 0 saturated carbocycles. The molecule has 8 heteroatoms. The molecule has 0 aromatic heterocycles. The first-order valence-corrected chi connectivity index (χ1v) is 10.8. The van der Waals surface area contributed by atoms with Crippen LogP contribution in [0.25, 0.3) is 0 Å². The molecule has 0 saturated heterocycles. The molecule has 3 aromatic rings. The van der Waals surface area contributed by atoms with Gasteiger partial charge in [-0.25, -0.2) is 4.90 Å². The number of rotatable bonds is 6. The molecule has 0 radical (unpaired) electrons. The highest BCUT2D eigenvalue weighted by molar-refractivity contribution is 6.53. The Kier molecular flexibility index (Phi) is 6.38. The Morgan fingerprint density at radius 3 is 2.24 bits per heavy atom. The van der Waals surface area contributed by atoms with E-state index in [1.165, 1.54) is 7.11 Å². The predicted octanol–water partition coefficient (Wildman–Crippen LogP) is 5.00. The van der Waals surface area contributed by atoms with E-state index in [1.54, 1.807) is 48.5 Å². The molecule has 4 rings (SSSR count). The molecule has 7 nitrogen and oxygen atoms in total. The first kappa shape index (κ1) is 23.1. The van der Waals surface area contributed by atoms with Crippen molar-refractivity contribution in [1.82, 2.24) is 0 Å². The van der Waals surface area contributed by atoms with E-state index in [9.17, 15) is 14.4 Å². The molecule has 172 valence electrons. The quantitative estimate of drug-likeness (QED) is 0.490. The van der Waals surface area contributed by atoms with Crippen molar-refractivity contribution in [1.29, 1.82) is 0 Å². The molecule has 0 fully saturated rings. The van der Waals surface area contributed by atoms with E-state index in [-0.39, 0.29) is 16.6 Å². The first-order chi connectivity index (χ1) is 16.3. The molecular weight excluding hydrogens is 454 g/mol. The van der Waals surface area contributed by atoms with Gasteiger partial charge in [0.25, 0.3) is 17.7 Å². The lowest BCUT2D eigenvalue weighted by Crippen LogP contribution is -2.32. The van der Waals surface area contributed by atoms with Crippen LogP contribution in [0, 0.1) is 13.8 Å². The minimum Gasteiger partial charge on any atom is -0.497 e. The minimum absolute atomic E-state index is 0.0323. The maximum absolute atomic E-state index is 12.9. The Bertz CT molecular complexity index is 1310. The number of hydrogen-bond acceptors (Lipinski definition) is 5. The second kappa shape index (κ2) is 9.41. The van der Waals surface area contributed by atoms with Gasteiger partial charge < -0.3 is 15.4 Å². The zero-order valence-corrected chi connectivity index (χ0v) is 19.6. The molecule has 0 bridgehead atoms. The van der Waals surface area contributed by atoms with Crippen LogP contribution in [-0.4, -0.2) is 24.8 Å². The lowest BCUT2D eigenvalue weighted by atomic mass is 10.1. The van der Waals surface area contributed by atoms with E-state index in [2.05, 4.69) is 10.6 Å². The van der Waals surface area contributed by atoms with Crippen LogP contribution in [0.15, 0.2) is 77.5 Å². The third-order valence-electron chi connectivity index (χ3n) is 5.42. The number of halogens is 1. The number of carbonyl (C=O) groups is 3. The van der Waals surface area contributed by atoms with Gasteiger partial charge in [0.15, 0.2) is 0 Å². The van der Waals surface area contributed by atoms with Gasteiger partial charge in [0.05, 0.1) is 12.8 Å². The Morgan fingerprint density at radius 2 is 1.59 bits per heavy atom. The summed E-state index contributed by atoms with van der Waals surface area (Å²) >= 11 is 6.19. The van der Waals surface area contributed by atoms with Gasteiger partial charge in [-0.3, -0.25) is 14.4 Å². The number of amides is 3. The fourth-order valence-corrected chi connectivity index (χ4v) is 3.70. The highest BCUT2D eigenvalue weighted by Gasteiger charge is 2.39. The van der Waals surface area contributed by atoms with Gasteiger partial charge >= 0.3 is 0 Å². The highest BCUT2D eigenvalue weighted by Crippen LogP contribution is 2.31. The SMILES string of the molecule is COc1ccc(N2C(=O)C(Cl)=C(Nc3ccc(C(=O)Nc4cc(C)ccc4C)cc3)C2=O)cc1. The zero-order chi connectivity index (χ0) is 24.4. The molecule has 0 spiro atoms. The van der Waals surface area contributed by atoms with E-state index in [0.717, 1.165) is 21.7 Å². The van der Waals surface area contributed by atoms with E-state index < -0.39 is 11.8 Å². The topological polar surface area (TPSA) is 87.7 Å². The molecule has 3 aromatic carbocycles. The average Bonchev–Trinajstić information content (AvgIpc) is 3.05. The van der Waals surface area contributed by atoms with Crippen LogP contribution in [0.1, 0.15) is 21.5 Å². The van der Waals surface area contributed by atoms with E-state index in [1.807, 2.05) is 32.0 Å². The number of ether oxygens (including phenoxy) is 1. The Morgan fingerprint density at radius 1 is 0.912 bits per heavy atom. The van der Waals surface area contributed by atoms with Crippen LogP contribution in [0.4, 0.5) is 17.1 Å². The Labute approximate surface area is 202 Å². The van der Waals surface area contributed by atoms with E-state index >= 15 is 0 Å². The van der Waals surface area contributed by atoms with Crippen molar-refractivity contribution in [2.45, 2.75) is 13.8 Å². The van der Waals surface area contributed by atoms with Gasteiger partial charge in [-0.2, -0.15) is 0 Å². The number of imide groups is 1. The normalized spacial score (nSPS) is 13.4. The van der Waals surface area contributed by atoms with Gasteiger partial charge in [-0.05, 0) is 79.6 Å². The van der Waals surface area contributed by atoms with Gasteiger partial charge in [-0.15, -0.1) is 0 Å². The summed E-state index contributed by atoms with van der Waals surface area (Å²) in [6, 6.07) is 18.9. The molecule has 3 amide bonds. The van der Waals surface area contributed by atoms with Crippen molar-refractivity contribution in [3.8, 4) is 5.75 Å². The molecule has 0 unspecified atom stereocenters. The number of methoxy groups -OCH3 is 1. The van der Waals surface area contributed by atoms with E-state index in [0.29, 0.717) is 22.7 Å². The summed E-state index contributed by atoms with van der Waals surface area (Å²) in [4.78, 5) is 39.2. The molecule has 0 aliphatic carbocycles. The lowest BCUT2D eigenvalue weighted by molar-refractivity contribution is -0.120. The fourth-order valence-electron chi connectivity index (χ4n) is 3.49. The largest absolute Gasteiger partial charge is 0.497 e. The van der Waals surface area contributed by atoms with Crippen molar-refractivity contribution in [2.24, 2.45) is 0 Å². The van der Waals surface area contributed by atoms with Crippen molar-refractivity contribution in [3.63, 3.8) is 0 Å². The van der Waals surface area contributed by atoms with Crippen molar-refractivity contribution in [2.75, 3.05) is 22.6 Å². The average molecular weight is 476 g/mol. The number of benzene rings is 3. The number of anilines is 3. The lowest BCUT2D eigenvalue weighted by Gasteiger charge is -2.15. The van der Waals surface area contributed by atoms with Crippen molar-refractivity contribution in [3.05, 3.63) is 94.1 Å². The van der Waals surface area contributed by atoms with Gasteiger partial charge in [0.1, 0.15) is 16.5 Å². The molecular formula is C26H22ClN3O4. The maximum atomic E-state index is 12.9. The number of hydrogen-bond donors (Lipinski definition) is 2. The second-order valence-electron chi connectivity index (χ2n) is 7.81. The molecule has 1 aliphatic rings. The van der Waals surface area contributed by atoms with Gasteiger partial charge in [0.2, 0.25) is 0 Å². The van der Waals surface area contributed by atoms with Crippen LogP contribution in [0.5, 0.6) is 5.75 Å². The minimum atomic E-state index is -0.621. The van der Waals surface area contributed by atoms with Gasteiger partial charge in [-0.1, -0.05) is 23.7 Å². The summed E-state index contributed by atoms with van der Waals surface area (Å²) < 4.78 is 5.11. The summed E-state index contributed by atoms with van der Waals surface area (Å²) in [5.74, 6) is -0.849. The van der Waals surface area contributed by atoms with Crippen molar-refractivity contribution >= 4 is 46.4 Å². The standard InChI is InChI=1S/C26H22ClN3O4/c1-15-4-5-16(2)21(14-15)29-24(31)17-6-8-18(9-7-17)28-23-22(27)25(32)30(26(23)33)19-10-12-20(34-3)13-11-19/h4-14,28H,1-3H3,(H,29,31). The summed E-state index contributed by atoms with van der Waals surface area (Å²) in [7, 11) is 1.53. The van der Waals surface area contributed by atoms with Crippen LogP contribution in [-0.2, 0) is 9.59 Å². The van der Waals surface area contributed by atoms with Crippen LogP contribution in [0.2, 0.25) is 0 Å². The van der Waals surface area contributed by atoms with Crippen LogP contribution < -0.4 is 20.3 Å². The third-order valence-corrected chi connectivity index (χ3v) is 5.77. The molecule has 2 N–H and O–H groups in total. The summed E-state index contributed by atoms with van der Waals surface area (Å²) in [6.45, 7) is 3.88. The van der Waals surface area contributed by atoms with E-state index in [4.69, 9.17) is 16.3 Å². The second-order valence-corrected chi connectivity index (χ2v) is 8.19. The number of nitrogens with zero attached hydrogens (tertiary/aromatic N) is 1. The third kappa shape index (κ3) is 4.51. The first-order valence-electron chi connectivity index (χ1n) is 10.5. The Hall–Kier alpha value is -4.10. The number of aryl methyl sites for hydroxylation is 2. The van der Waals surface area contributed by atoms with Crippen LogP contribution in [0.3, 0.4) is 0 Å². The number of carbonyl (C=O) groups excluding carboxylic acids is 3. The molecule has 1 heterocycles. The monoisotopic (exact) mass is 475 g/mol. The van der Waals surface area contributed by atoms with Crippen molar-refractivity contribution < 1.29 is 19.1 Å². The highest BCUT2D eigenvalue weighted by atomic mass is 35.5. The smallest absolute Gasteiger partial charge is 0.283 e.